The molecule has 1 aliphatic heterocycles. The van der Waals surface area contributed by atoms with Gasteiger partial charge in [-0.3, -0.25) is 4.79 Å². The Morgan fingerprint density at radius 1 is 1.12 bits per heavy atom. The van der Waals surface area contributed by atoms with E-state index in [1.54, 1.807) is 35.2 Å². The second-order valence-electron chi connectivity index (χ2n) is 6.41. The highest BCUT2D eigenvalue weighted by atomic mass is 35.5. The number of nitrogens with two attached hydrogens (primary N) is 1. The highest BCUT2D eigenvalue weighted by Crippen LogP contribution is 2.21. The molecule has 1 heterocycles. The fraction of sp³-hybridized carbons (Fsp3) is 0.316. The maximum absolute atomic E-state index is 12.7. The molecule has 140 valence electrons. The number of rotatable bonds is 5. The van der Waals surface area contributed by atoms with Crippen LogP contribution < -0.4 is 5.73 Å². The van der Waals surface area contributed by atoms with Gasteiger partial charge in [0.05, 0.1) is 10.6 Å². The predicted molar refractivity (Wildman–Crippen MR) is 104 cm³/mol. The Bertz CT molecular complexity index is 856. The van der Waals surface area contributed by atoms with Crippen LogP contribution in [0.1, 0.15) is 22.3 Å². The zero-order valence-electron chi connectivity index (χ0n) is 14.4. The molecule has 3 rings (SSSR count). The maximum atomic E-state index is 12.7. The van der Waals surface area contributed by atoms with Gasteiger partial charge >= 0.3 is 0 Å². The van der Waals surface area contributed by atoms with Gasteiger partial charge in [-0.25, -0.2) is 8.42 Å². The van der Waals surface area contributed by atoms with E-state index in [4.69, 9.17) is 5.73 Å². The van der Waals surface area contributed by atoms with Crippen molar-refractivity contribution in [3.05, 3.63) is 65.7 Å². The topological polar surface area (TPSA) is 80.5 Å². The van der Waals surface area contributed by atoms with Crippen molar-refractivity contribution in [3.63, 3.8) is 0 Å². The first kappa shape index (κ1) is 20.4. The van der Waals surface area contributed by atoms with Crippen LogP contribution in [0.2, 0.25) is 0 Å². The van der Waals surface area contributed by atoms with Gasteiger partial charge in [0, 0.05) is 18.7 Å². The summed E-state index contributed by atoms with van der Waals surface area (Å²) >= 11 is 0. The standard InChI is InChI=1S/C19H22N2O3S.ClH/c20-12-16-9-10-21(13-16)19(22)17-7-4-8-18(11-17)25(23,24)14-15-5-2-1-3-6-15;/h1-8,11,16H,9-10,12-14,20H2;1H. The van der Waals surface area contributed by atoms with Crippen molar-refractivity contribution < 1.29 is 13.2 Å². The summed E-state index contributed by atoms with van der Waals surface area (Å²) < 4.78 is 25.3. The monoisotopic (exact) mass is 394 g/mol. The van der Waals surface area contributed by atoms with Gasteiger partial charge in [0.2, 0.25) is 0 Å². The molecule has 2 aromatic rings. The van der Waals surface area contributed by atoms with Crippen LogP contribution in [0.4, 0.5) is 0 Å². The van der Waals surface area contributed by atoms with Gasteiger partial charge in [0.25, 0.3) is 5.91 Å². The molecule has 0 bridgehead atoms. The molecule has 26 heavy (non-hydrogen) atoms. The van der Waals surface area contributed by atoms with E-state index in [1.807, 2.05) is 18.2 Å². The second-order valence-corrected chi connectivity index (χ2v) is 8.40. The number of halogens is 1. The predicted octanol–water partition coefficient (Wildman–Crippen LogP) is 2.50. The minimum atomic E-state index is -3.50. The molecule has 0 aliphatic carbocycles. The van der Waals surface area contributed by atoms with Crippen LogP contribution in [0.5, 0.6) is 0 Å². The summed E-state index contributed by atoms with van der Waals surface area (Å²) in [5.74, 6) is 0.117. The van der Waals surface area contributed by atoms with Gasteiger partial charge in [-0.05, 0) is 42.6 Å². The summed E-state index contributed by atoms with van der Waals surface area (Å²) in [6.45, 7) is 1.87. The van der Waals surface area contributed by atoms with Gasteiger partial charge in [-0.15, -0.1) is 12.4 Å². The lowest BCUT2D eigenvalue weighted by atomic mass is 10.1. The Kier molecular flexibility index (Phi) is 6.81. The molecule has 1 amide bonds. The largest absolute Gasteiger partial charge is 0.338 e. The molecular weight excluding hydrogens is 372 g/mol. The van der Waals surface area contributed by atoms with E-state index < -0.39 is 9.84 Å². The fourth-order valence-electron chi connectivity index (χ4n) is 3.09. The summed E-state index contributed by atoms with van der Waals surface area (Å²) in [5.41, 5.74) is 6.81. The van der Waals surface area contributed by atoms with Crippen molar-refractivity contribution in [2.45, 2.75) is 17.1 Å². The van der Waals surface area contributed by atoms with Crippen LogP contribution in [0.25, 0.3) is 0 Å². The van der Waals surface area contributed by atoms with Gasteiger partial charge in [0.15, 0.2) is 9.84 Å². The number of sulfone groups is 1. The Morgan fingerprint density at radius 3 is 2.50 bits per heavy atom. The highest BCUT2D eigenvalue weighted by Gasteiger charge is 2.26. The summed E-state index contributed by atoms with van der Waals surface area (Å²) in [4.78, 5) is 14.6. The molecule has 2 aromatic carbocycles. The average Bonchev–Trinajstić information content (AvgIpc) is 3.11. The Morgan fingerprint density at radius 2 is 1.85 bits per heavy atom. The third-order valence-electron chi connectivity index (χ3n) is 4.55. The van der Waals surface area contributed by atoms with Crippen molar-refractivity contribution in [2.24, 2.45) is 11.7 Å². The molecular formula is C19H23ClN2O3S. The maximum Gasteiger partial charge on any atom is 0.253 e. The van der Waals surface area contributed by atoms with Crippen LogP contribution in [-0.2, 0) is 15.6 Å². The van der Waals surface area contributed by atoms with Gasteiger partial charge < -0.3 is 10.6 Å². The second kappa shape index (κ2) is 8.66. The summed E-state index contributed by atoms with van der Waals surface area (Å²) in [6, 6.07) is 15.4. The number of hydrogen-bond donors (Lipinski definition) is 1. The zero-order chi connectivity index (χ0) is 17.9. The quantitative estimate of drug-likeness (QED) is 0.844. The summed E-state index contributed by atoms with van der Waals surface area (Å²) in [7, 11) is -3.50. The molecule has 5 nitrogen and oxygen atoms in total. The van der Waals surface area contributed by atoms with E-state index in [-0.39, 0.29) is 29.0 Å². The van der Waals surface area contributed by atoms with Crippen LogP contribution in [0.3, 0.4) is 0 Å². The lowest BCUT2D eigenvalue weighted by Crippen LogP contribution is -2.30. The SMILES string of the molecule is Cl.NCC1CCN(C(=O)c2cccc(S(=O)(=O)Cc3ccccc3)c2)C1. The molecule has 1 atom stereocenters. The van der Waals surface area contributed by atoms with Crippen LogP contribution in [-0.4, -0.2) is 38.9 Å². The van der Waals surface area contributed by atoms with E-state index in [2.05, 4.69) is 0 Å². The summed E-state index contributed by atoms with van der Waals surface area (Å²) in [5, 5.41) is 0. The number of hydrogen-bond acceptors (Lipinski definition) is 4. The van der Waals surface area contributed by atoms with E-state index in [1.165, 1.54) is 6.07 Å². The third kappa shape index (κ3) is 4.63. The minimum absolute atomic E-state index is 0. The lowest BCUT2D eigenvalue weighted by molar-refractivity contribution is 0.0787. The Hall–Kier alpha value is -1.89. The molecule has 1 saturated heterocycles. The van der Waals surface area contributed by atoms with E-state index >= 15 is 0 Å². The molecule has 0 saturated carbocycles. The molecule has 0 spiro atoms. The fourth-order valence-corrected chi connectivity index (χ4v) is 4.48. The van der Waals surface area contributed by atoms with Crippen molar-refractivity contribution >= 4 is 28.2 Å². The number of likely N-dealkylation sites (tertiary alicyclic amines) is 1. The van der Waals surface area contributed by atoms with E-state index in [0.29, 0.717) is 31.1 Å². The van der Waals surface area contributed by atoms with Crippen LogP contribution >= 0.6 is 12.4 Å². The first-order valence-electron chi connectivity index (χ1n) is 8.35. The first-order valence-corrected chi connectivity index (χ1v) is 10.0. The molecule has 2 N–H and O–H groups in total. The Labute approximate surface area is 160 Å². The molecule has 0 aromatic heterocycles. The van der Waals surface area contributed by atoms with Crippen LogP contribution in [0.15, 0.2) is 59.5 Å². The van der Waals surface area contributed by atoms with E-state index in [0.717, 1.165) is 12.0 Å². The number of carbonyl (C=O) groups excluding carboxylic acids is 1. The normalized spacial score (nSPS) is 17.0. The van der Waals surface area contributed by atoms with Crippen LogP contribution in [0, 0.1) is 5.92 Å². The number of amides is 1. The highest BCUT2D eigenvalue weighted by molar-refractivity contribution is 7.90. The molecule has 0 radical (unpaired) electrons. The minimum Gasteiger partial charge on any atom is -0.338 e. The van der Waals surface area contributed by atoms with Gasteiger partial charge in [0.1, 0.15) is 0 Å². The first-order chi connectivity index (χ1) is 12.0. The Balaban J connectivity index is 0.00000243. The molecule has 1 fully saturated rings. The lowest BCUT2D eigenvalue weighted by Gasteiger charge is -2.17. The average molecular weight is 395 g/mol. The molecule has 7 heteroatoms. The van der Waals surface area contributed by atoms with Crippen molar-refractivity contribution in [2.75, 3.05) is 19.6 Å². The number of nitrogens with zero attached hydrogens (tertiary/aromatic N) is 1. The molecule has 1 aliphatic rings. The number of benzene rings is 2. The third-order valence-corrected chi connectivity index (χ3v) is 6.23. The smallest absolute Gasteiger partial charge is 0.253 e. The van der Waals surface area contributed by atoms with Gasteiger partial charge in [-0.2, -0.15) is 0 Å². The summed E-state index contributed by atoms with van der Waals surface area (Å²) in [6.07, 6.45) is 0.897. The number of carbonyl (C=O) groups is 1. The van der Waals surface area contributed by atoms with Crippen molar-refractivity contribution in [1.29, 1.82) is 0 Å². The van der Waals surface area contributed by atoms with E-state index in [9.17, 15) is 13.2 Å². The van der Waals surface area contributed by atoms with Gasteiger partial charge in [-0.1, -0.05) is 36.4 Å². The zero-order valence-corrected chi connectivity index (χ0v) is 16.0. The molecule has 1 unspecified atom stereocenters. The van der Waals surface area contributed by atoms with Crippen molar-refractivity contribution in [3.8, 4) is 0 Å². The van der Waals surface area contributed by atoms with Crippen molar-refractivity contribution in [1.82, 2.24) is 4.90 Å².